The lowest BCUT2D eigenvalue weighted by Gasteiger charge is -2.23. The number of fused-ring (bicyclic) bond motifs is 1. The van der Waals surface area contributed by atoms with Crippen LogP contribution in [-0.4, -0.2) is 28.4 Å². The summed E-state index contributed by atoms with van der Waals surface area (Å²) in [6.45, 7) is 8.72. The van der Waals surface area contributed by atoms with Crippen molar-refractivity contribution in [1.29, 1.82) is 0 Å². The number of nitrogens with zero attached hydrogens (tertiary/aromatic N) is 2. The van der Waals surface area contributed by atoms with Crippen LogP contribution in [-0.2, 0) is 16.0 Å². The molecule has 1 amide bonds. The topological polar surface area (TPSA) is 79.7 Å². The number of hydrogen-bond acceptors (Lipinski definition) is 6. The van der Waals surface area contributed by atoms with Gasteiger partial charge in [0.2, 0.25) is 0 Å². The van der Waals surface area contributed by atoms with E-state index in [9.17, 15) is 14.7 Å². The van der Waals surface area contributed by atoms with E-state index in [1.807, 2.05) is 43.3 Å². The SMILES string of the molecule is CCOc1ccc(C(O)=C2C(=O)C(=O)N(c3nc4ccc(CC)cc4s3)C2c2ccc(C(C)C)cc2)cc1. The van der Waals surface area contributed by atoms with Gasteiger partial charge in [0.25, 0.3) is 5.78 Å². The van der Waals surface area contributed by atoms with Crippen molar-refractivity contribution in [3.63, 3.8) is 0 Å². The minimum atomic E-state index is -0.811. The quantitative estimate of drug-likeness (QED) is 0.159. The monoisotopic (exact) mass is 526 g/mol. The van der Waals surface area contributed by atoms with Crippen LogP contribution < -0.4 is 9.64 Å². The van der Waals surface area contributed by atoms with Crippen LogP contribution in [0.25, 0.3) is 16.0 Å². The number of aromatic nitrogens is 1. The van der Waals surface area contributed by atoms with E-state index in [4.69, 9.17) is 9.72 Å². The molecule has 1 unspecified atom stereocenters. The Hall–Kier alpha value is -3.97. The number of anilines is 1. The molecule has 4 aromatic rings. The summed E-state index contributed by atoms with van der Waals surface area (Å²) >= 11 is 1.37. The predicted octanol–water partition coefficient (Wildman–Crippen LogP) is 7.01. The molecule has 0 radical (unpaired) electrons. The summed E-state index contributed by atoms with van der Waals surface area (Å²) in [6, 6.07) is 19.9. The summed E-state index contributed by atoms with van der Waals surface area (Å²) in [5.74, 6) is -0.670. The lowest BCUT2D eigenvalue weighted by molar-refractivity contribution is -0.132. The van der Waals surface area contributed by atoms with Crippen LogP contribution >= 0.6 is 11.3 Å². The number of carbonyl (C=O) groups is 2. The number of benzene rings is 3. The molecule has 1 aromatic heterocycles. The molecule has 1 N–H and O–H groups in total. The molecule has 5 rings (SSSR count). The number of aliphatic hydroxyl groups excluding tert-OH is 1. The van der Waals surface area contributed by atoms with Gasteiger partial charge in [-0.05, 0) is 72.4 Å². The van der Waals surface area contributed by atoms with Crippen molar-refractivity contribution in [1.82, 2.24) is 4.98 Å². The van der Waals surface area contributed by atoms with E-state index in [0.29, 0.717) is 29.0 Å². The Morgan fingerprint density at radius 2 is 1.74 bits per heavy atom. The van der Waals surface area contributed by atoms with Crippen LogP contribution in [0.3, 0.4) is 0 Å². The smallest absolute Gasteiger partial charge is 0.301 e. The molecule has 0 bridgehead atoms. The van der Waals surface area contributed by atoms with Crippen LogP contribution in [0.4, 0.5) is 5.13 Å². The number of ether oxygens (including phenoxy) is 1. The summed E-state index contributed by atoms with van der Waals surface area (Å²) in [4.78, 5) is 33.2. The first-order valence-electron chi connectivity index (χ1n) is 12.9. The highest BCUT2D eigenvalue weighted by molar-refractivity contribution is 7.22. The van der Waals surface area contributed by atoms with Crippen molar-refractivity contribution in [2.45, 2.75) is 46.1 Å². The molecule has 1 saturated heterocycles. The molecule has 0 aliphatic carbocycles. The largest absolute Gasteiger partial charge is 0.507 e. The minimum absolute atomic E-state index is 0.0463. The molecule has 3 aromatic carbocycles. The van der Waals surface area contributed by atoms with E-state index in [1.165, 1.54) is 21.8 Å². The Kier molecular flexibility index (Phi) is 7.04. The maximum atomic E-state index is 13.5. The first-order chi connectivity index (χ1) is 18.3. The van der Waals surface area contributed by atoms with Gasteiger partial charge in [0.05, 0.1) is 28.4 Å². The van der Waals surface area contributed by atoms with Crippen molar-refractivity contribution in [2.24, 2.45) is 0 Å². The molecule has 1 atom stereocenters. The molecule has 1 aliphatic heterocycles. The molecular weight excluding hydrogens is 496 g/mol. The maximum absolute atomic E-state index is 13.5. The standard InChI is InChI=1S/C31H30N2O4S/c1-5-19-7-16-24-25(17-19)38-31(32-24)33-27(21-10-8-20(9-11-21)18(3)4)26(29(35)30(33)36)28(34)22-12-14-23(15-13-22)37-6-2/h7-18,27,34H,5-6H2,1-4H3. The van der Waals surface area contributed by atoms with Crippen LogP contribution in [0.2, 0.25) is 0 Å². The van der Waals surface area contributed by atoms with Gasteiger partial charge in [0.1, 0.15) is 11.5 Å². The summed E-state index contributed by atoms with van der Waals surface area (Å²) in [7, 11) is 0. The van der Waals surface area contributed by atoms with Crippen LogP contribution in [0.15, 0.2) is 72.3 Å². The minimum Gasteiger partial charge on any atom is -0.507 e. The number of carbonyl (C=O) groups excluding carboxylic acids is 2. The molecule has 1 aliphatic rings. The number of thiazole rings is 1. The zero-order valence-corrected chi connectivity index (χ0v) is 22.7. The molecule has 6 nitrogen and oxygen atoms in total. The Balaban J connectivity index is 1.67. The molecule has 0 saturated carbocycles. The van der Waals surface area contributed by atoms with Crippen molar-refractivity contribution < 1.29 is 19.4 Å². The molecular formula is C31H30N2O4S. The molecule has 1 fully saturated rings. The third kappa shape index (κ3) is 4.58. The fourth-order valence-electron chi connectivity index (χ4n) is 4.72. The van der Waals surface area contributed by atoms with Gasteiger partial charge in [-0.1, -0.05) is 62.4 Å². The Bertz CT molecular complexity index is 1530. The number of amides is 1. The number of aliphatic hydroxyl groups is 1. The number of ketones is 1. The first kappa shape index (κ1) is 25.7. The molecule has 38 heavy (non-hydrogen) atoms. The normalized spacial score (nSPS) is 17.1. The lowest BCUT2D eigenvalue weighted by Crippen LogP contribution is -2.29. The van der Waals surface area contributed by atoms with Gasteiger partial charge in [-0.2, -0.15) is 0 Å². The van der Waals surface area contributed by atoms with Gasteiger partial charge in [0.15, 0.2) is 5.13 Å². The highest BCUT2D eigenvalue weighted by atomic mass is 32.1. The summed E-state index contributed by atoms with van der Waals surface area (Å²) in [5, 5.41) is 11.8. The van der Waals surface area contributed by atoms with Crippen LogP contribution in [0, 0.1) is 0 Å². The van der Waals surface area contributed by atoms with E-state index in [-0.39, 0.29) is 11.3 Å². The average Bonchev–Trinajstić information content (AvgIpc) is 3.46. The second-order valence-electron chi connectivity index (χ2n) is 9.60. The van der Waals surface area contributed by atoms with Crippen LogP contribution in [0.5, 0.6) is 5.75 Å². The first-order valence-corrected chi connectivity index (χ1v) is 13.7. The van der Waals surface area contributed by atoms with Crippen molar-refractivity contribution in [3.8, 4) is 5.75 Å². The summed E-state index contributed by atoms with van der Waals surface area (Å²) in [6.07, 6.45) is 0.887. The predicted molar refractivity (Wildman–Crippen MR) is 152 cm³/mol. The number of aryl methyl sites for hydroxylation is 1. The second-order valence-corrected chi connectivity index (χ2v) is 10.6. The zero-order chi connectivity index (χ0) is 27.0. The van der Waals surface area contributed by atoms with Gasteiger partial charge in [0, 0.05) is 5.56 Å². The highest BCUT2D eigenvalue weighted by Crippen LogP contribution is 2.44. The van der Waals surface area contributed by atoms with E-state index in [0.717, 1.165) is 27.8 Å². The van der Waals surface area contributed by atoms with Crippen molar-refractivity contribution >= 4 is 44.1 Å². The zero-order valence-electron chi connectivity index (χ0n) is 21.9. The van der Waals surface area contributed by atoms with Gasteiger partial charge >= 0.3 is 5.91 Å². The number of hydrogen-bond donors (Lipinski definition) is 1. The van der Waals surface area contributed by atoms with Gasteiger partial charge < -0.3 is 9.84 Å². The van der Waals surface area contributed by atoms with E-state index in [2.05, 4.69) is 26.8 Å². The maximum Gasteiger partial charge on any atom is 0.301 e. The molecule has 194 valence electrons. The van der Waals surface area contributed by atoms with E-state index in [1.54, 1.807) is 24.3 Å². The van der Waals surface area contributed by atoms with Gasteiger partial charge in [-0.3, -0.25) is 14.5 Å². The third-order valence-corrected chi connectivity index (χ3v) is 7.88. The molecule has 7 heteroatoms. The van der Waals surface area contributed by atoms with Gasteiger partial charge in [-0.15, -0.1) is 0 Å². The van der Waals surface area contributed by atoms with Crippen molar-refractivity contribution in [2.75, 3.05) is 11.5 Å². The average molecular weight is 527 g/mol. The van der Waals surface area contributed by atoms with E-state index < -0.39 is 17.7 Å². The summed E-state index contributed by atoms with van der Waals surface area (Å²) < 4.78 is 6.46. The lowest BCUT2D eigenvalue weighted by atomic mass is 9.93. The third-order valence-electron chi connectivity index (χ3n) is 6.86. The fourth-order valence-corrected chi connectivity index (χ4v) is 5.78. The molecule has 0 spiro atoms. The molecule has 2 heterocycles. The number of rotatable bonds is 7. The Morgan fingerprint density at radius 3 is 2.37 bits per heavy atom. The fraction of sp³-hybridized carbons (Fsp3) is 0.258. The van der Waals surface area contributed by atoms with Gasteiger partial charge in [-0.25, -0.2) is 4.98 Å². The Morgan fingerprint density at radius 1 is 1.03 bits per heavy atom. The Labute approximate surface area is 226 Å². The van der Waals surface area contributed by atoms with E-state index >= 15 is 0 Å². The summed E-state index contributed by atoms with van der Waals surface area (Å²) in [5.41, 5.74) is 4.30. The van der Waals surface area contributed by atoms with Crippen molar-refractivity contribution in [3.05, 3.63) is 94.6 Å². The highest BCUT2D eigenvalue weighted by Gasteiger charge is 2.48. The second kappa shape index (κ2) is 10.4. The van der Waals surface area contributed by atoms with Crippen LogP contribution in [0.1, 0.15) is 61.9 Å². The number of Topliss-reactive ketones (excluding diaryl/α,β-unsaturated/α-hetero) is 1.